The van der Waals surface area contributed by atoms with Gasteiger partial charge in [-0.15, -0.1) is 10.2 Å². The first-order valence-corrected chi connectivity index (χ1v) is 5.03. The number of tetrazole rings is 1. The van der Waals surface area contributed by atoms with Gasteiger partial charge in [-0.25, -0.2) is 0 Å². The SMILES string of the molecule is CCCCN(CC(F)(F)F)C(=O)c1nn[nH]n1. The number of unbranched alkanes of at least 4 members (excludes halogenated alkanes) is 1. The Bertz CT molecular complexity index is 351. The van der Waals surface area contributed by atoms with E-state index in [9.17, 15) is 18.0 Å². The minimum absolute atomic E-state index is 0.0172. The first-order chi connectivity index (χ1) is 7.94. The summed E-state index contributed by atoms with van der Waals surface area (Å²) in [6, 6.07) is 0. The highest BCUT2D eigenvalue weighted by molar-refractivity contribution is 5.90. The summed E-state index contributed by atoms with van der Waals surface area (Å²) in [5, 5.41) is 11.9. The molecule has 0 spiro atoms. The molecule has 1 rings (SSSR count). The Labute approximate surface area is 95.2 Å². The molecule has 1 aromatic heterocycles. The van der Waals surface area contributed by atoms with Crippen molar-refractivity contribution in [3.8, 4) is 0 Å². The summed E-state index contributed by atoms with van der Waals surface area (Å²) in [6.45, 7) is 0.536. The van der Waals surface area contributed by atoms with Crippen LogP contribution in [0.15, 0.2) is 0 Å². The van der Waals surface area contributed by atoms with Gasteiger partial charge in [-0.2, -0.15) is 18.4 Å². The predicted molar refractivity (Wildman–Crippen MR) is 51.0 cm³/mol. The minimum Gasteiger partial charge on any atom is -0.327 e. The third-order valence-corrected chi connectivity index (χ3v) is 1.98. The first-order valence-electron chi connectivity index (χ1n) is 5.03. The van der Waals surface area contributed by atoms with E-state index in [1.54, 1.807) is 0 Å². The lowest BCUT2D eigenvalue weighted by atomic mass is 10.3. The number of carbonyl (C=O) groups is 1. The molecule has 0 saturated heterocycles. The maximum atomic E-state index is 12.3. The molecule has 0 atom stereocenters. The van der Waals surface area contributed by atoms with Crippen LogP contribution in [0.25, 0.3) is 0 Å². The Balaban J connectivity index is 2.72. The zero-order valence-corrected chi connectivity index (χ0v) is 9.16. The summed E-state index contributed by atoms with van der Waals surface area (Å²) in [6.07, 6.45) is -3.26. The molecule has 9 heteroatoms. The Morgan fingerprint density at radius 3 is 2.65 bits per heavy atom. The molecule has 0 aliphatic heterocycles. The maximum Gasteiger partial charge on any atom is 0.406 e. The van der Waals surface area contributed by atoms with Crippen molar-refractivity contribution in [3.63, 3.8) is 0 Å². The molecule has 17 heavy (non-hydrogen) atoms. The summed E-state index contributed by atoms with van der Waals surface area (Å²) in [5.41, 5.74) is 0. The number of alkyl halides is 3. The molecule has 0 fully saturated rings. The van der Waals surface area contributed by atoms with Crippen LogP contribution >= 0.6 is 0 Å². The molecule has 96 valence electrons. The van der Waals surface area contributed by atoms with Crippen LogP contribution < -0.4 is 0 Å². The number of aromatic amines is 1. The van der Waals surface area contributed by atoms with Crippen molar-refractivity contribution < 1.29 is 18.0 Å². The lowest BCUT2D eigenvalue weighted by Crippen LogP contribution is -2.40. The molecule has 0 aromatic carbocycles. The molecular weight excluding hydrogens is 239 g/mol. The third-order valence-electron chi connectivity index (χ3n) is 1.98. The van der Waals surface area contributed by atoms with E-state index in [4.69, 9.17) is 0 Å². The fourth-order valence-electron chi connectivity index (χ4n) is 1.21. The van der Waals surface area contributed by atoms with E-state index in [1.807, 2.05) is 12.1 Å². The normalized spacial score (nSPS) is 11.5. The molecule has 0 aliphatic rings. The lowest BCUT2D eigenvalue weighted by molar-refractivity contribution is -0.140. The summed E-state index contributed by atoms with van der Waals surface area (Å²) < 4.78 is 36.8. The van der Waals surface area contributed by atoms with E-state index in [0.29, 0.717) is 17.7 Å². The van der Waals surface area contributed by atoms with Gasteiger partial charge in [0.25, 0.3) is 11.7 Å². The van der Waals surface area contributed by atoms with E-state index in [-0.39, 0.29) is 12.4 Å². The summed E-state index contributed by atoms with van der Waals surface area (Å²) in [5.74, 6) is -1.23. The number of aromatic nitrogens is 4. The summed E-state index contributed by atoms with van der Waals surface area (Å²) in [4.78, 5) is 12.3. The number of halogens is 3. The number of hydrogen-bond acceptors (Lipinski definition) is 4. The van der Waals surface area contributed by atoms with Crippen molar-refractivity contribution in [3.05, 3.63) is 5.82 Å². The monoisotopic (exact) mass is 251 g/mol. The Morgan fingerprint density at radius 2 is 2.18 bits per heavy atom. The quantitative estimate of drug-likeness (QED) is 0.847. The highest BCUT2D eigenvalue weighted by Gasteiger charge is 2.34. The number of H-pyrrole nitrogens is 1. The Kier molecular flexibility index (Phi) is 4.41. The number of nitrogens with one attached hydrogen (secondary N) is 1. The van der Waals surface area contributed by atoms with Crippen LogP contribution in [-0.2, 0) is 0 Å². The summed E-state index contributed by atoms with van der Waals surface area (Å²) >= 11 is 0. The smallest absolute Gasteiger partial charge is 0.327 e. The van der Waals surface area contributed by atoms with Crippen molar-refractivity contribution >= 4 is 5.91 Å². The van der Waals surface area contributed by atoms with Gasteiger partial charge in [0.05, 0.1) is 0 Å². The zero-order chi connectivity index (χ0) is 12.9. The van der Waals surface area contributed by atoms with E-state index in [2.05, 4.69) is 15.4 Å². The number of hydrogen-bond donors (Lipinski definition) is 1. The fraction of sp³-hybridized carbons (Fsp3) is 0.750. The average molecular weight is 251 g/mol. The number of carbonyl (C=O) groups excluding carboxylic acids is 1. The molecule has 0 bridgehead atoms. The van der Waals surface area contributed by atoms with Crippen LogP contribution in [0, 0.1) is 0 Å². The van der Waals surface area contributed by atoms with Crippen LogP contribution in [0.3, 0.4) is 0 Å². The second kappa shape index (κ2) is 5.60. The second-order valence-corrected chi connectivity index (χ2v) is 3.43. The number of rotatable bonds is 5. The van der Waals surface area contributed by atoms with Gasteiger partial charge in [0.2, 0.25) is 0 Å². The van der Waals surface area contributed by atoms with Gasteiger partial charge in [0.15, 0.2) is 0 Å². The third kappa shape index (κ3) is 4.37. The van der Waals surface area contributed by atoms with Gasteiger partial charge in [-0.05, 0) is 11.6 Å². The van der Waals surface area contributed by atoms with Crippen molar-refractivity contribution in [2.45, 2.75) is 25.9 Å². The van der Waals surface area contributed by atoms with E-state index in [0.717, 1.165) is 0 Å². The van der Waals surface area contributed by atoms with Gasteiger partial charge < -0.3 is 4.90 Å². The Morgan fingerprint density at radius 1 is 1.47 bits per heavy atom. The number of nitrogens with zero attached hydrogens (tertiary/aromatic N) is 4. The predicted octanol–water partition coefficient (Wildman–Crippen LogP) is 1.00. The molecule has 0 radical (unpaired) electrons. The van der Waals surface area contributed by atoms with Crippen molar-refractivity contribution in [1.29, 1.82) is 0 Å². The molecule has 1 heterocycles. The van der Waals surface area contributed by atoms with Crippen LogP contribution in [0.4, 0.5) is 13.2 Å². The van der Waals surface area contributed by atoms with Gasteiger partial charge in [0.1, 0.15) is 6.54 Å². The zero-order valence-electron chi connectivity index (χ0n) is 9.16. The molecule has 6 nitrogen and oxygen atoms in total. The highest BCUT2D eigenvalue weighted by atomic mass is 19.4. The van der Waals surface area contributed by atoms with Crippen LogP contribution in [0.2, 0.25) is 0 Å². The highest BCUT2D eigenvalue weighted by Crippen LogP contribution is 2.17. The lowest BCUT2D eigenvalue weighted by Gasteiger charge is -2.22. The Hall–Kier alpha value is -1.67. The standard InChI is InChI=1S/C8H12F3N5O/c1-2-3-4-16(5-8(9,10)11)7(17)6-12-14-15-13-6/h2-5H2,1H3,(H,12,13,14,15). The van der Waals surface area contributed by atoms with Crippen molar-refractivity contribution in [2.24, 2.45) is 0 Å². The molecule has 1 N–H and O–H groups in total. The summed E-state index contributed by atoms with van der Waals surface area (Å²) in [7, 11) is 0. The van der Waals surface area contributed by atoms with Gasteiger partial charge in [0, 0.05) is 6.54 Å². The fourth-order valence-corrected chi connectivity index (χ4v) is 1.21. The van der Waals surface area contributed by atoms with Gasteiger partial charge >= 0.3 is 6.18 Å². The van der Waals surface area contributed by atoms with Gasteiger partial charge in [-0.1, -0.05) is 13.3 Å². The van der Waals surface area contributed by atoms with Crippen LogP contribution in [0.5, 0.6) is 0 Å². The van der Waals surface area contributed by atoms with Crippen LogP contribution in [0.1, 0.15) is 30.4 Å². The molecule has 1 amide bonds. The van der Waals surface area contributed by atoms with Gasteiger partial charge in [-0.3, -0.25) is 4.79 Å². The van der Waals surface area contributed by atoms with Crippen molar-refractivity contribution in [1.82, 2.24) is 25.5 Å². The minimum atomic E-state index is -4.44. The number of amides is 1. The molecular formula is C8H12F3N5O. The topological polar surface area (TPSA) is 74.8 Å². The van der Waals surface area contributed by atoms with E-state index >= 15 is 0 Å². The molecule has 1 aromatic rings. The van der Waals surface area contributed by atoms with E-state index in [1.165, 1.54) is 0 Å². The van der Waals surface area contributed by atoms with Crippen LogP contribution in [-0.4, -0.2) is 50.7 Å². The van der Waals surface area contributed by atoms with E-state index < -0.39 is 18.6 Å². The second-order valence-electron chi connectivity index (χ2n) is 3.43. The average Bonchev–Trinajstić information content (AvgIpc) is 2.74. The molecule has 0 unspecified atom stereocenters. The first kappa shape index (κ1) is 13.4. The maximum absolute atomic E-state index is 12.3. The molecule has 0 saturated carbocycles. The van der Waals surface area contributed by atoms with Crippen molar-refractivity contribution in [2.75, 3.05) is 13.1 Å². The largest absolute Gasteiger partial charge is 0.406 e. The molecule has 0 aliphatic carbocycles.